The number of alkyl halides is 3. The van der Waals surface area contributed by atoms with Gasteiger partial charge in [0.05, 0.1) is 11.4 Å². The standard InChI is InChI=1S/C18H15F3N6O2/c19-18(20,21)12-5-6-23-15(27-12)13(14(22)28)16-25-10-4-3-9(7-11(10)26-16)24-17(29)8-1-2-8/h3-8,25-26H,1-2H2,(H2,22,28)(H,24,29)/b16-13-. The molecule has 1 aromatic carbocycles. The highest BCUT2D eigenvalue weighted by Gasteiger charge is 2.34. The highest BCUT2D eigenvalue weighted by molar-refractivity contribution is 6.20. The number of amides is 2. The van der Waals surface area contributed by atoms with Crippen molar-refractivity contribution in [2.24, 2.45) is 11.7 Å². The van der Waals surface area contributed by atoms with Crippen molar-refractivity contribution in [1.82, 2.24) is 9.97 Å². The van der Waals surface area contributed by atoms with Gasteiger partial charge in [0.25, 0.3) is 5.91 Å². The average molecular weight is 404 g/mol. The van der Waals surface area contributed by atoms with Gasteiger partial charge in [-0.15, -0.1) is 0 Å². The van der Waals surface area contributed by atoms with Gasteiger partial charge in [0.15, 0.2) is 5.82 Å². The maximum atomic E-state index is 12.9. The van der Waals surface area contributed by atoms with Gasteiger partial charge >= 0.3 is 6.18 Å². The molecule has 0 radical (unpaired) electrons. The molecule has 1 saturated carbocycles. The number of fused-ring (bicyclic) bond motifs is 1. The molecule has 0 atom stereocenters. The molecular weight excluding hydrogens is 389 g/mol. The molecule has 2 amide bonds. The second-order valence-electron chi connectivity index (χ2n) is 6.65. The summed E-state index contributed by atoms with van der Waals surface area (Å²) in [5, 5.41) is 8.56. The first-order valence-corrected chi connectivity index (χ1v) is 8.66. The van der Waals surface area contributed by atoms with Crippen LogP contribution in [0.25, 0.3) is 5.57 Å². The van der Waals surface area contributed by atoms with Crippen LogP contribution in [0.15, 0.2) is 36.3 Å². The molecule has 5 N–H and O–H groups in total. The molecule has 4 rings (SSSR count). The minimum atomic E-state index is -4.70. The van der Waals surface area contributed by atoms with Crippen molar-refractivity contribution in [2.75, 3.05) is 16.0 Å². The number of hydrogen-bond acceptors (Lipinski definition) is 6. The van der Waals surface area contributed by atoms with Crippen molar-refractivity contribution < 1.29 is 22.8 Å². The van der Waals surface area contributed by atoms with Gasteiger partial charge in [-0.25, -0.2) is 9.97 Å². The van der Waals surface area contributed by atoms with E-state index in [-0.39, 0.29) is 23.2 Å². The van der Waals surface area contributed by atoms with Crippen molar-refractivity contribution in [3.05, 3.63) is 47.8 Å². The van der Waals surface area contributed by atoms with E-state index in [2.05, 4.69) is 25.9 Å². The lowest BCUT2D eigenvalue weighted by molar-refractivity contribution is -0.141. The molecule has 150 valence electrons. The summed E-state index contributed by atoms with van der Waals surface area (Å²) >= 11 is 0. The highest BCUT2D eigenvalue weighted by atomic mass is 19.4. The molecule has 2 aliphatic rings. The van der Waals surface area contributed by atoms with Crippen LogP contribution in [0.5, 0.6) is 0 Å². The van der Waals surface area contributed by atoms with Gasteiger partial charge in [-0.2, -0.15) is 13.2 Å². The van der Waals surface area contributed by atoms with E-state index >= 15 is 0 Å². The van der Waals surface area contributed by atoms with Crippen LogP contribution in [-0.4, -0.2) is 21.8 Å². The maximum Gasteiger partial charge on any atom is 0.433 e. The lowest BCUT2D eigenvalue weighted by Gasteiger charge is -2.10. The zero-order valence-corrected chi connectivity index (χ0v) is 14.8. The third-order valence-corrected chi connectivity index (χ3v) is 4.42. The second kappa shape index (κ2) is 6.76. The predicted molar refractivity (Wildman–Crippen MR) is 98.2 cm³/mol. The Morgan fingerprint density at radius 2 is 1.86 bits per heavy atom. The molecule has 0 saturated heterocycles. The molecule has 0 spiro atoms. The van der Waals surface area contributed by atoms with E-state index in [4.69, 9.17) is 5.73 Å². The van der Waals surface area contributed by atoms with Crippen molar-refractivity contribution in [1.29, 1.82) is 0 Å². The molecule has 1 aromatic heterocycles. The van der Waals surface area contributed by atoms with E-state index < -0.39 is 23.6 Å². The number of benzene rings is 1. The molecule has 0 unspecified atom stereocenters. The number of anilines is 3. The largest absolute Gasteiger partial charge is 0.433 e. The number of hydrogen-bond donors (Lipinski definition) is 4. The van der Waals surface area contributed by atoms with Crippen molar-refractivity contribution in [3.63, 3.8) is 0 Å². The summed E-state index contributed by atoms with van der Waals surface area (Å²) in [5.41, 5.74) is 5.48. The third-order valence-electron chi connectivity index (χ3n) is 4.42. The van der Waals surface area contributed by atoms with Crippen molar-refractivity contribution >= 4 is 34.4 Å². The van der Waals surface area contributed by atoms with Crippen molar-refractivity contribution in [2.45, 2.75) is 19.0 Å². The summed E-state index contributed by atoms with van der Waals surface area (Å²) in [6.45, 7) is 0. The van der Waals surface area contributed by atoms with Crippen LogP contribution in [0.1, 0.15) is 24.4 Å². The number of carbonyl (C=O) groups is 2. The number of nitrogens with two attached hydrogens (primary N) is 1. The minimum Gasteiger partial charge on any atom is -0.365 e. The molecule has 2 heterocycles. The summed E-state index contributed by atoms with van der Waals surface area (Å²) in [6, 6.07) is 5.66. The fraction of sp³-hybridized carbons (Fsp3) is 0.222. The quantitative estimate of drug-likeness (QED) is 0.581. The Morgan fingerprint density at radius 3 is 2.52 bits per heavy atom. The topological polar surface area (TPSA) is 122 Å². The summed E-state index contributed by atoms with van der Waals surface area (Å²) in [5.74, 6) is -1.45. The Bertz CT molecular complexity index is 1050. The Kier molecular flexibility index (Phi) is 4.36. The monoisotopic (exact) mass is 404 g/mol. The van der Waals surface area contributed by atoms with Crippen LogP contribution in [0.4, 0.5) is 30.2 Å². The molecule has 29 heavy (non-hydrogen) atoms. The number of nitrogens with zero attached hydrogens (tertiary/aromatic N) is 2. The number of nitrogens with one attached hydrogen (secondary N) is 3. The van der Waals surface area contributed by atoms with Gasteiger partial charge < -0.3 is 21.7 Å². The molecule has 1 fully saturated rings. The lowest BCUT2D eigenvalue weighted by Crippen LogP contribution is -2.21. The zero-order chi connectivity index (χ0) is 20.8. The molecule has 11 heteroatoms. The van der Waals surface area contributed by atoms with E-state index in [1.165, 1.54) is 0 Å². The van der Waals surface area contributed by atoms with Crippen LogP contribution in [0.2, 0.25) is 0 Å². The summed E-state index contributed by atoms with van der Waals surface area (Å²) in [4.78, 5) is 31.1. The number of aromatic nitrogens is 2. The van der Waals surface area contributed by atoms with Gasteiger partial charge in [0, 0.05) is 17.8 Å². The predicted octanol–water partition coefficient (Wildman–Crippen LogP) is 2.54. The van der Waals surface area contributed by atoms with E-state index in [9.17, 15) is 22.8 Å². The molecule has 1 aliphatic carbocycles. The molecule has 8 nitrogen and oxygen atoms in total. The zero-order valence-electron chi connectivity index (χ0n) is 14.8. The Balaban J connectivity index is 1.65. The first kappa shape index (κ1) is 18.7. The van der Waals surface area contributed by atoms with Crippen LogP contribution < -0.4 is 21.7 Å². The van der Waals surface area contributed by atoms with Crippen molar-refractivity contribution in [3.8, 4) is 0 Å². The second-order valence-corrected chi connectivity index (χ2v) is 6.65. The van der Waals surface area contributed by atoms with E-state index in [0.29, 0.717) is 23.1 Å². The van der Waals surface area contributed by atoms with Crippen LogP contribution in [0, 0.1) is 5.92 Å². The molecule has 2 aromatic rings. The molecule has 1 aliphatic heterocycles. The van der Waals surface area contributed by atoms with Gasteiger partial charge in [0.2, 0.25) is 5.91 Å². The average Bonchev–Trinajstić information content (AvgIpc) is 3.42. The third kappa shape index (κ3) is 3.84. The highest BCUT2D eigenvalue weighted by Crippen LogP contribution is 2.37. The van der Waals surface area contributed by atoms with Crippen LogP contribution >= 0.6 is 0 Å². The lowest BCUT2D eigenvalue weighted by atomic mass is 10.2. The molecule has 0 bridgehead atoms. The van der Waals surface area contributed by atoms with Crippen LogP contribution in [0.3, 0.4) is 0 Å². The summed E-state index contributed by atoms with van der Waals surface area (Å²) in [7, 11) is 0. The van der Waals surface area contributed by atoms with Gasteiger partial charge in [0.1, 0.15) is 17.1 Å². The van der Waals surface area contributed by atoms with Gasteiger partial charge in [-0.05, 0) is 37.1 Å². The minimum absolute atomic E-state index is 0.0318. The van der Waals surface area contributed by atoms with Gasteiger partial charge in [-0.1, -0.05) is 0 Å². The first-order valence-electron chi connectivity index (χ1n) is 8.66. The number of carbonyl (C=O) groups excluding carboxylic acids is 2. The van der Waals surface area contributed by atoms with E-state index in [1.54, 1.807) is 18.2 Å². The first-order chi connectivity index (χ1) is 13.7. The van der Waals surface area contributed by atoms with Gasteiger partial charge in [-0.3, -0.25) is 9.59 Å². The van der Waals surface area contributed by atoms with Crippen LogP contribution in [-0.2, 0) is 15.8 Å². The molecular formula is C18H15F3N6O2. The summed E-state index contributed by atoms with van der Waals surface area (Å²) in [6.07, 6.45) is -2.06. The Morgan fingerprint density at radius 1 is 1.14 bits per heavy atom. The summed E-state index contributed by atoms with van der Waals surface area (Å²) < 4.78 is 38.8. The maximum absolute atomic E-state index is 12.9. The fourth-order valence-electron chi connectivity index (χ4n) is 2.83. The number of rotatable bonds is 4. The fourth-order valence-corrected chi connectivity index (χ4v) is 2.83. The Hall–Kier alpha value is -3.63. The normalized spacial score (nSPS) is 17.1. The number of primary amides is 1. The van der Waals surface area contributed by atoms with E-state index in [1.807, 2.05) is 0 Å². The SMILES string of the molecule is NC(=O)/C(=C1\Nc2ccc(NC(=O)C3CC3)cc2N1)c1nccc(C(F)(F)F)n1. The number of halogens is 3. The van der Waals surface area contributed by atoms with E-state index in [0.717, 1.165) is 19.0 Å². The smallest absolute Gasteiger partial charge is 0.365 e. The Labute approximate surface area is 162 Å².